The van der Waals surface area contributed by atoms with Crippen LogP contribution in [0.5, 0.6) is 0 Å². The first-order valence-corrected chi connectivity index (χ1v) is 8.29. The van der Waals surface area contributed by atoms with Gasteiger partial charge in [-0.15, -0.1) is 0 Å². The molecule has 1 saturated heterocycles. The number of likely N-dealkylation sites (tertiary alicyclic amines) is 1. The number of hydrogen-bond donors (Lipinski definition) is 1. The molecule has 23 heavy (non-hydrogen) atoms. The fourth-order valence-electron chi connectivity index (χ4n) is 3.20. The van der Waals surface area contributed by atoms with Crippen LogP contribution in [0.15, 0.2) is 17.2 Å². The van der Waals surface area contributed by atoms with Gasteiger partial charge in [0.2, 0.25) is 0 Å². The lowest BCUT2D eigenvalue weighted by Crippen LogP contribution is -2.36. The summed E-state index contributed by atoms with van der Waals surface area (Å²) in [6, 6.07) is 2.10. The molecular formula is C17H25N5O. The first kappa shape index (κ1) is 15.9. The molecule has 3 heterocycles. The number of piperidine rings is 1. The van der Waals surface area contributed by atoms with E-state index >= 15 is 0 Å². The molecule has 0 spiro atoms. The first-order chi connectivity index (χ1) is 11.0. The van der Waals surface area contributed by atoms with Crippen molar-refractivity contribution in [2.75, 3.05) is 13.1 Å². The second-order valence-corrected chi connectivity index (χ2v) is 6.67. The fraction of sp³-hybridized carbons (Fsp3) is 0.588. The zero-order chi connectivity index (χ0) is 16.4. The Morgan fingerprint density at radius 1 is 1.26 bits per heavy atom. The maximum atomic E-state index is 12.3. The first-order valence-electron chi connectivity index (χ1n) is 8.29. The molecule has 2 aromatic heterocycles. The van der Waals surface area contributed by atoms with Gasteiger partial charge in [-0.2, -0.15) is 5.10 Å². The predicted molar refractivity (Wildman–Crippen MR) is 89.3 cm³/mol. The summed E-state index contributed by atoms with van der Waals surface area (Å²) in [6.45, 7) is 9.57. The van der Waals surface area contributed by atoms with E-state index in [4.69, 9.17) is 0 Å². The van der Waals surface area contributed by atoms with Gasteiger partial charge in [0, 0.05) is 30.0 Å². The zero-order valence-corrected chi connectivity index (χ0v) is 14.2. The van der Waals surface area contributed by atoms with E-state index in [9.17, 15) is 4.79 Å². The average molecular weight is 315 g/mol. The lowest BCUT2D eigenvalue weighted by molar-refractivity contribution is 0.164. The molecule has 0 radical (unpaired) electrons. The van der Waals surface area contributed by atoms with Gasteiger partial charge in [-0.3, -0.25) is 19.4 Å². The summed E-state index contributed by atoms with van der Waals surface area (Å²) in [4.78, 5) is 19.0. The lowest BCUT2D eigenvalue weighted by atomic mass is 9.96. The molecule has 124 valence electrons. The van der Waals surface area contributed by atoms with Crippen LogP contribution in [0.4, 0.5) is 0 Å². The van der Waals surface area contributed by atoms with Gasteiger partial charge in [0.05, 0.1) is 12.0 Å². The van der Waals surface area contributed by atoms with Gasteiger partial charge in [-0.05, 0) is 58.7 Å². The van der Waals surface area contributed by atoms with Crippen LogP contribution in [0.1, 0.15) is 35.5 Å². The minimum atomic E-state index is 0.104. The zero-order valence-electron chi connectivity index (χ0n) is 14.2. The van der Waals surface area contributed by atoms with Crippen LogP contribution in [0.3, 0.4) is 0 Å². The van der Waals surface area contributed by atoms with Crippen molar-refractivity contribution in [2.24, 2.45) is 5.92 Å². The van der Waals surface area contributed by atoms with Crippen molar-refractivity contribution >= 4 is 0 Å². The minimum Gasteiger partial charge on any atom is -0.299 e. The van der Waals surface area contributed by atoms with E-state index in [1.54, 1.807) is 10.9 Å². The molecule has 0 atom stereocenters. The van der Waals surface area contributed by atoms with Gasteiger partial charge in [-0.1, -0.05) is 0 Å². The van der Waals surface area contributed by atoms with Crippen molar-refractivity contribution in [3.05, 3.63) is 45.4 Å². The van der Waals surface area contributed by atoms with Crippen molar-refractivity contribution in [3.63, 3.8) is 0 Å². The number of hydrogen-bond acceptors (Lipinski definition) is 4. The van der Waals surface area contributed by atoms with Gasteiger partial charge in [0.15, 0.2) is 0 Å². The SMILES string of the molecule is Cc1cc(CN2CCC(Cn3cnc(C)c(C)c3=O)CC2)n[nH]1. The lowest BCUT2D eigenvalue weighted by Gasteiger charge is -2.31. The van der Waals surface area contributed by atoms with E-state index in [1.807, 2.05) is 20.8 Å². The summed E-state index contributed by atoms with van der Waals surface area (Å²) in [5.74, 6) is 0.550. The summed E-state index contributed by atoms with van der Waals surface area (Å²) in [5, 5.41) is 7.30. The number of nitrogens with one attached hydrogen (secondary N) is 1. The Labute approximate surface area is 136 Å². The molecule has 1 aliphatic rings. The number of aryl methyl sites for hydroxylation is 2. The highest BCUT2D eigenvalue weighted by molar-refractivity contribution is 5.12. The number of aromatic amines is 1. The average Bonchev–Trinajstić information content (AvgIpc) is 2.95. The van der Waals surface area contributed by atoms with Crippen molar-refractivity contribution in [3.8, 4) is 0 Å². The van der Waals surface area contributed by atoms with Gasteiger partial charge < -0.3 is 0 Å². The Kier molecular flexibility index (Phi) is 4.61. The third kappa shape index (κ3) is 3.69. The van der Waals surface area contributed by atoms with Gasteiger partial charge in [0.1, 0.15) is 0 Å². The normalized spacial score (nSPS) is 16.8. The van der Waals surface area contributed by atoms with Crippen LogP contribution in [0.25, 0.3) is 0 Å². The van der Waals surface area contributed by atoms with E-state index < -0.39 is 0 Å². The summed E-state index contributed by atoms with van der Waals surface area (Å²) in [7, 11) is 0. The number of nitrogens with zero attached hydrogens (tertiary/aromatic N) is 4. The summed E-state index contributed by atoms with van der Waals surface area (Å²) < 4.78 is 1.78. The summed E-state index contributed by atoms with van der Waals surface area (Å²) in [6.07, 6.45) is 3.93. The predicted octanol–water partition coefficient (Wildman–Crippen LogP) is 1.80. The Balaban J connectivity index is 1.55. The van der Waals surface area contributed by atoms with Crippen LogP contribution in [-0.2, 0) is 13.1 Å². The van der Waals surface area contributed by atoms with Crippen molar-refractivity contribution in [2.45, 2.75) is 46.7 Å². The molecule has 0 aromatic carbocycles. The Morgan fingerprint density at radius 3 is 2.65 bits per heavy atom. The molecule has 1 aliphatic heterocycles. The van der Waals surface area contributed by atoms with Crippen molar-refractivity contribution in [1.82, 2.24) is 24.6 Å². The molecule has 0 amide bonds. The van der Waals surface area contributed by atoms with Crippen LogP contribution in [-0.4, -0.2) is 37.7 Å². The Bertz CT molecular complexity index is 725. The maximum absolute atomic E-state index is 12.3. The highest BCUT2D eigenvalue weighted by Crippen LogP contribution is 2.20. The largest absolute Gasteiger partial charge is 0.299 e. The van der Waals surface area contributed by atoms with Gasteiger partial charge in [0.25, 0.3) is 5.56 Å². The molecule has 6 heteroatoms. The summed E-state index contributed by atoms with van der Waals surface area (Å²) in [5.41, 5.74) is 3.91. The Morgan fingerprint density at radius 2 is 2.00 bits per heavy atom. The Hall–Kier alpha value is -1.95. The molecular weight excluding hydrogens is 290 g/mol. The van der Waals surface area contributed by atoms with Crippen LogP contribution in [0.2, 0.25) is 0 Å². The molecule has 1 fully saturated rings. The number of aromatic nitrogens is 4. The quantitative estimate of drug-likeness (QED) is 0.934. The van der Waals surface area contributed by atoms with Crippen molar-refractivity contribution < 1.29 is 0 Å². The maximum Gasteiger partial charge on any atom is 0.256 e. The molecule has 0 aliphatic carbocycles. The van der Waals surface area contributed by atoms with E-state index in [0.717, 1.165) is 61.7 Å². The standard InChI is InChI=1S/C17H25N5O/c1-12-8-16(20-19-12)10-21-6-4-15(5-7-21)9-22-11-18-14(3)13(2)17(22)23/h8,11,15H,4-7,9-10H2,1-3H3,(H,19,20). The van der Waals surface area contributed by atoms with Crippen LogP contribution in [0, 0.1) is 26.7 Å². The van der Waals surface area contributed by atoms with E-state index in [-0.39, 0.29) is 5.56 Å². The van der Waals surface area contributed by atoms with E-state index in [0.29, 0.717) is 5.92 Å². The summed E-state index contributed by atoms with van der Waals surface area (Å²) >= 11 is 0. The van der Waals surface area contributed by atoms with Gasteiger partial charge in [-0.25, -0.2) is 4.98 Å². The van der Waals surface area contributed by atoms with Crippen LogP contribution < -0.4 is 5.56 Å². The smallest absolute Gasteiger partial charge is 0.256 e. The number of rotatable bonds is 4. The second-order valence-electron chi connectivity index (χ2n) is 6.67. The fourth-order valence-corrected chi connectivity index (χ4v) is 3.20. The highest BCUT2D eigenvalue weighted by Gasteiger charge is 2.21. The molecule has 3 rings (SSSR count). The van der Waals surface area contributed by atoms with Gasteiger partial charge >= 0.3 is 0 Å². The molecule has 2 aromatic rings. The second kappa shape index (κ2) is 6.66. The third-order valence-corrected chi connectivity index (χ3v) is 4.82. The monoisotopic (exact) mass is 315 g/mol. The highest BCUT2D eigenvalue weighted by atomic mass is 16.1. The molecule has 0 bridgehead atoms. The minimum absolute atomic E-state index is 0.104. The van der Waals surface area contributed by atoms with E-state index in [2.05, 4.69) is 26.1 Å². The topological polar surface area (TPSA) is 66.8 Å². The molecule has 1 N–H and O–H groups in total. The molecule has 0 unspecified atom stereocenters. The number of H-pyrrole nitrogens is 1. The molecule has 6 nitrogen and oxygen atoms in total. The van der Waals surface area contributed by atoms with Crippen LogP contribution >= 0.6 is 0 Å². The molecule has 0 saturated carbocycles. The van der Waals surface area contributed by atoms with E-state index in [1.165, 1.54) is 0 Å². The van der Waals surface area contributed by atoms with Crippen molar-refractivity contribution in [1.29, 1.82) is 0 Å². The third-order valence-electron chi connectivity index (χ3n) is 4.82.